The van der Waals surface area contributed by atoms with Gasteiger partial charge in [-0.05, 0) is 37.5 Å². The van der Waals surface area contributed by atoms with Crippen molar-refractivity contribution in [1.29, 1.82) is 5.26 Å². The number of aliphatic hydroxyl groups is 1. The Morgan fingerprint density at radius 3 is 2.81 bits per heavy atom. The van der Waals surface area contributed by atoms with Gasteiger partial charge in [-0.2, -0.15) is 5.26 Å². The number of aliphatic hydroxyl groups excluding tert-OH is 1. The van der Waals surface area contributed by atoms with Crippen LogP contribution in [-0.2, 0) is 0 Å². The Bertz CT molecular complexity index is 374. The average molecular weight is 239 g/mol. The maximum absolute atomic E-state index is 8.88. The second-order valence-corrected chi connectivity index (χ2v) is 3.95. The zero-order valence-electron chi connectivity index (χ0n) is 9.04. The second kappa shape index (κ2) is 7.10. The van der Waals surface area contributed by atoms with Crippen LogP contribution in [0.1, 0.15) is 24.8 Å². The fourth-order valence-electron chi connectivity index (χ4n) is 1.40. The predicted molar refractivity (Wildman–Crippen MR) is 65.6 cm³/mol. The first kappa shape index (κ1) is 12.8. The van der Waals surface area contributed by atoms with Crippen LogP contribution >= 0.6 is 11.6 Å². The Morgan fingerprint density at radius 1 is 1.31 bits per heavy atom. The van der Waals surface area contributed by atoms with Crippen molar-refractivity contribution < 1.29 is 5.11 Å². The van der Waals surface area contributed by atoms with Crippen LogP contribution in [0.2, 0.25) is 5.02 Å². The molecule has 0 saturated heterocycles. The quantitative estimate of drug-likeness (QED) is 0.750. The molecule has 0 unspecified atom stereocenters. The molecule has 0 radical (unpaired) electrons. The lowest BCUT2D eigenvalue weighted by Crippen LogP contribution is -2.03. The van der Waals surface area contributed by atoms with Gasteiger partial charge in [-0.3, -0.25) is 0 Å². The Hall–Kier alpha value is -1.24. The molecule has 0 aliphatic heterocycles. The lowest BCUT2D eigenvalue weighted by Gasteiger charge is -2.08. The van der Waals surface area contributed by atoms with Crippen LogP contribution in [-0.4, -0.2) is 18.3 Å². The molecule has 86 valence electrons. The van der Waals surface area contributed by atoms with Gasteiger partial charge in [0, 0.05) is 18.2 Å². The van der Waals surface area contributed by atoms with Crippen LogP contribution in [0, 0.1) is 11.3 Å². The highest BCUT2D eigenvalue weighted by Crippen LogP contribution is 2.20. The van der Waals surface area contributed by atoms with Crippen molar-refractivity contribution in [2.24, 2.45) is 0 Å². The summed E-state index contributed by atoms with van der Waals surface area (Å²) < 4.78 is 0. The monoisotopic (exact) mass is 238 g/mol. The molecule has 1 aromatic rings. The molecule has 0 aliphatic rings. The molecular formula is C12H15ClN2O. The van der Waals surface area contributed by atoms with Crippen molar-refractivity contribution in [3.8, 4) is 6.07 Å². The summed E-state index contributed by atoms with van der Waals surface area (Å²) in [6.45, 7) is 1.02. The van der Waals surface area contributed by atoms with Crippen molar-refractivity contribution in [3.63, 3.8) is 0 Å². The maximum atomic E-state index is 8.88. The van der Waals surface area contributed by atoms with E-state index in [1.165, 1.54) is 0 Å². The molecule has 0 amide bonds. The standard InChI is InChI=1S/C12H15ClN2O/c13-11-5-4-10(9-14)12(8-11)15-6-2-1-3-7-16/h4-5,8,15-16H,1-3,6-7H2. The molecule has 1 rings (SSSR count). The topological polar surface area (TPSA) is 56.0 Å². The van der Waals surface area contributed by atoms with E-state index in [2.05, 4.69) is 11.4 Å². The number of benzene rings is 1. The zero-order chi connectivity index (χ0) is 11.8. The largest absolute Gasteiger partial charge is 0.396 e. The van der Waals surface area contributed by atoms with Crippen LogP contribution in [0.25, 0.3) is 0 Å². The van der Waals surface area contributed by atoms with E-state index in [-0.39, 0.29) is 6.61 Å². The van der Waals surface area contributed by atoms with E-state index in [1.807, 2.05) is 0 Å². The van der Waals surface area contributed by atoms with Crippen molar-refractivity contribution in [3.05, 3.63) is 28.8 Å². The molecule has 2 N–H and O–H groups in total. The third-order valence-electron chi connectivity index (χ3n) is 2.25. The molecular weight excluding hydrogens is 224 g/mol. The highest BCUT2D eigenvalue weighted by Gasteiger charge is 2.01. The third-order valence-corrected chi connectivity index (χ3v) is 2.49. The van der Waals surface area contributed by atoms with E-state index in [4.69, 9.17) is 22.0 Å². The molecule has 0 aromatic heterocycles. The van der Waals surface area contributed by atoms with Gasteiger partial charge in [0.25, 0.3) is 0 Å². The van der Waals surface area contributed by atoms with E-state index >= 15 is 0 Å². The normalized spacial score (nSPS) is 9.81. The predicted octanol–water partition coefficient (Wildman–Crippen LogP) is 2.79. The van der Waals surface area contributed by atoms with Gasteiger partial charge in [0.1, 0.15) is 6.07 Å². The van der Waals surface area contributed by atoms with Crippen LogP contribution in [0.15, 0.2) is 18.2 Å². The number of nitriles is 1. The summed E-state index contributed by atoms with van der Waals surface area (Å²) in [6, 6.07) is 7.28. The highest BCUT2D eigenvalue weighted by molar-refractivity contribution is 6.30. The second-order valence-electron chi connectivity index (χ2n) is 3.51. The van der Waals surface area contributed by atoms with Gasteiger partial charge < -0.3 is 10.4 Å². The van der Waals surface area contributed by atoms with Gasteiger partial charge in [-0.15, -0.1) is 0 Å². The van der Waals surface area contributed by atoms with Gasteiger partial charge in [0.15, 0.2) is 0 Å². The van der Waals surface area contributed by atoms with E-state index < -0.39 is 0 Å². The van der Waals surface area contributed by atoms with Crippen LogP contribution < -0.4 is 5.32 Å². The lowest BCUT2D eigenvalue weighted by atomic mass is 10.2. The van der Waals surface area contributed by atoms with Gasteiger partial charge >= 0.3 is 0 Å². The molecule has 0 aliphatic carbocycles. The van der Waals surface area contributed by atoms with E-state index in [0.29, 0.717) is 10.6 Å². The Labute approximate surface area is 101 Å². The molecule has 0 atom stereocenters. The molecule has 3 nitrogen and oxygen atoms in total. The summed E-state index contributed by atoms with van der Waals surface area (Å²) in [6.07, 6.45) is 2.77. The summed E-state index contributed by atoms with van der Waals surface area (Å²) in [4.78, 5) is 0. The summed E-state index contributed by atoms with van der Waals surface area (Å²) in [5.41, 5.74) is 1.38. The van der Waals surface area contributed by atoms with Crippen molar-refractivity contribution in [1.82, 2.24) is 0 Å². The zero-order valence-corrected chi connectivity index (χ0v) is 9.80. The van der Waals surface area contributed by atoms with Gasteiger partial charge in [0.2, 0.25) is 0 Å². The number of halogens is 1. The number of nitrogens with one attached hydrogen (secondary N) is 1. The highest BCUT2D eigenvalue weighted by atomic mass is 35.5. The third kappa shape index (κ3) is 4.09. The Kier molecular flexibility index (Phi) is 5.69. The van der Waals surface area contributed by atoms with E-state index in [1.54, 1.807) is 18.2 Å². The smallest absolute Gasteiger partial charge is 0.101 e. The maximum Gasteiger partial charge on any atom is 0.101 e. The van der Waals surface area contributed by atoms with Crippen LogP contribution in [0.5, 0.6) is 0 Å². The number of rotatable bonds is 6. The van der Waals surface area contributed by atoms with E-state index in [0.717, 1.165) is 31.5 Å². The SMILES string of the molecule is N#Cc1ccc(Cl)cc1NCCCCCO. The summed E-state index contributed by atoms with van der Waals surface area (Å²) in [7, 11) is 0. The molecule has 16 heavy (non-hydrogen) atoms. The molecule has 0 spiro atoms. The number of hydrogen-bond donors (Lipinski definition) is 2. The van der Waals surface area contributed by atoms with Crippen LogP contribution in [0.4, 0.5) is 5.69 Å². The Balaban J connectivity index is 2.46. The Morgan fingerprint density at radius 2 is 2.12 bits per heavy atom. The number of nitrogens with zero attached hydrogens (tertiary/aromatic N) is 1. The molecule has 0 saturated carbocycles. The average Bonchev–Trinajstić information content (AvgIpc) is 2.29. The molecule has 0 heterocycles. The molecule has 1 aromatic carbocycles. The first-order valence-electron chi connectivity index (χ1n) is 5.32. The summed E-state index contributed by atoms with van der Waals surface area (Å²) >= 11 is 5.85. The number of hydrogen-bond acceptors (Lipinski definition) is 3. The first-order valence-corrected chi connectivity index (χ1v) is 5.70. The molecule has 0 bridgehead atoms. The van der Waals surface area contributed by atoms with Gasteiger partial charge in [-0.25, -0.2) is 0 Å². The summed E-state index contributed by atoms with van der Waals surface area (Å²) in [5.74, 6) is 0. The van der Waals surface area contributed by atoms with E-state index in [9.17, 15) is 0 Å². The van der Waals surface area contributed by atoms with Crippen molar-refractivity contribution in [2.75, 3.05) is 18.5 Å². The summed E-state index contributed by atoms with van der Waals surface area (Å²) in [5, 5.41) is 21.3. The minimum absolute atomic E-state index is 0.237. The lowest BCUT2D eigenvalue weighted by molar-refractivity contribution is 0.283. The molecule has 4 heteroatoms. The fourth-order valence-corrected chi connectivity index (χ4v) is 1.57. The molecule has 0 fully saturated rings. The van der Waals surface area contributed by atoms with Gasteiger partial charge in [0.05, 0.1) is 11.3 Å². The van der Waals surface area contributed by atoms with Crippen molar-refractivity contribution in [2.45, 2.75) is 19.3 Å². The first-order chi connectivity index (χ1) is 7.77. The minimum Gasteiger partial charge on any atom is -0.396 e. The number of anilines is 1. The fraction of sp³-hybridized carbons (Fsp3) is 0.417. The minimum atomic E-state index is 0.237. The van der Waals surface area contributed by atoms with Gasteiger partial charge in [-0.1, -0.05) is 11.6 Å². The van der Waals surface area contributed by atoms with Crippen LogP contribution in [0.3, 0.4) is 0 Å². The number of unbranched alkanes of at least 4 members (excludes halogenated alkanes) is 2. The van der Waals surface area contributed by atoms with Crippen molar-refractivity contribution >= 4 is 17.3 Å².